The molecule has 3 rings (SSSR count). The highest BCUT2D eigenvalue weighted by atomic mass is 35.5. The molecule has 0 unspecified atom stereocenters. The van der Waals surface area contributed by atoms with Crippen LogP contribution < -0.4 is 10.0 Å². The van der Waals surface area contributed by atoms with E-state index in [9.17, 15) is 18.3 Å². The molecule has 27 heavy (non-hydrogen) atoms. The summed E-state index contributed by atoms with van der Waals surface area (Å²) < 4.78 is 27.7. The molecule has 0 aliphatic heterocycles. The number of aliphatic hydroxyl groups excluding tert-OH is 1. The summed E-state index contributed by atoms with van der Waals surface area (Å²) in [6.07, 6.45) is 2.39. The molecule has 1 aliphatic carbocycles. The summed E-state index contributed by atoms with van der Waals surface area (Å²) in [6.45, 7) is 0. The van der Waals surface area contributed by atoms with Gasteiger partial charge in [-0.25, -0.2) is 8.42 Å². The highest BCUT2D eigenvalue weighted by Gasteiger charge is 2.23. The van der Waals surface area contributed by atoms with Crippen LogP contribution in [0.4, 0.5) is 5.69 Å². The summed E-state index contributed by atoms with van der Waals surface area (Å²) in [5.74, 6) is -0.342. The number of aliphatic hydroxyl groups is 1. The maximum atomic E-state index is 12.7. The Bertz CT molecular complexity index is 908. The predicted molar refractivity (Wildman–Crippen MR) is 104 cm³/mol. The Kier molecular flexibility index (Phi) is 6.04. The van der Waals surface area contributed by atoms with E-state index in [0.717, 1.165) is 0 Å². The van der Waals surface area contributed by atoms with E-state index >= 15 is 0 Å². The predicted octanol–water partition coefficient (Wildman–Crippen LogP) is 3.17. The molecular weight excluding hydrogens is 388 g/mol. The van der Waals surface area contributed by atoms with Crippen LogP contribution >= 0.6 is 11.6 Å². The summed E-state index contributed by atoms with van der Waals surface area (Å²) in [5.41, 5.74) is 0.460. The fourth-order valence-corrected chi connectivity index (χ4v) is 4.28. The van der Waals surface area contributed by atoms with E-state index in [2.05, 4.69) is 10.0 Å². The molecule has 1 amide bonds. The number of halogens is 1. The molecule has 0 heterocycles. The number of para-hydroxylation sites is 1. The molecule has 0 radical (unpaired) electrons. The Hall–Kier alpha value is -2.09. The van der Waals surface area contributed by atoms with Crippen LogP contribution in [0.2, 0.25) is 5.02 Å². The average Bonchev–Trinajstić information content (AvgIpc) is 2.64. The fraction of sp³-hybridized carbons (Fsp3) is 0.316. The van der Waals surface area contributed by atoms with Crippen molar-refractivity contribution in [3.05, 3.63) is 59.1 Å². The molecule has 8 heteroatoms. The lowest BCUT2D eigenvalue weighted by Crippen LogP contribution is -2.38. The van der Waals surface area contributed by atoms with Crippen LogP contribution in [0.5, 0.6) is 0 Å². The molecule has 0 bridgehead atoms. The Morgan fingerprint density at radius 2 is 1.63 bits per heavy atom. The first kappa shape index (κ1) is 19.7. The third-order valence-electron chi connectivity index (χ3n) is 4.57. The van der Waals surface area contributed by atoms with Gasteiger partial charge in [-0.15, -0.1) is 0 Å². The first-order valence-corrected chi connectivity index (χ1v) is 10.6. The summed E-state index contributed by atoms with van der Waals surface area (Å²) in [4.78, 5) is 12.7. The Morgan fingerprint density at radius 3 is 2.30 bits per heavy atom. The monoisotopic (exact) mass is 408 g/mol. The number of amides is 1. The summed E-state index contributed by atoms with van der Waals surface area (Å²) in [5, 5.41) is 12.9. The van der Waals surface area contributed by atoms with Gasteiger partial charge in [-0.3, -0.25) is 9.52 Å². The normalized spacial score (nSPS) is 20.1. The van der Waals surface area contributed by atoms with E-state index < -0.39 is 10.0 Å². The second kappa shape index (κ2) is 8.29. The average molecular weight is 409 g/mol. The van der Waals surface area contributed by atoms with E-state index in [4.69, 9.17) is 11.6 Å². The molecule has 0 saturated heterocycles. The molecule has 2 aromatic rings. The molecule has 0 spiro atoms. The van der Waals surface area contributed by atoms with Crippen molar-refractivity contribution in [3.8, 4) is 0 Å². The van der Waals surface area contributed by atoms with E-state index in [1.54, 1.807) is 24.3 Å². The molecule has 0 aromatic heterocycles. The maximum Gasteiger partial charge on any atom is 0.261 e. The van der Waals surface area contributed by atoms with E-state index in [1.165, 1.54) is 24.3 Å². The Morgan fingerprint density at radius 1 is 1.00 bits per heavy atom. The molecule has 1 aliphatic rings. The zero-order chi connectivity index (χ0) is 19.4. The van der Waals surface area contributed by atoms with Crippen molar-refractivity contribution in [2.45, 2.75) is 42.7 Å². The van der Waals surface area contributed by atoms with Gasteiger partial charge in [0.05, 0.1) is 22.3 Å². The van der Waals surface area contributed by atoms with Crippen molar-refractivity contribution < 1.29 is 18.3 Å². The Balaban J connectivity index is 1.77. The van der Waals surface area contributed by atoms with Crippen LogP contribution in [-0.2, 0) is 10.0 Å². The number of carbonyl (C=O) groups excluding carboxylic acids is 1. The van der Waals surface area contributed by atoms with Crippen molar-refractivity contribution in [1.82, 2.24) is 5.32 Å². The number of anilines is 1. The summed E-state index contributed by atoms with van der Waals surface area (Å²) >= 11 is 5.81. The summed E-state index contributed by atoms with van der Waals surface area (Å²) in [7, 11) is -3.85. The standard InChI is InChI=1S/C19H21ClN2O4S/c20-13-5-11-16(12-6-13)27(25,26)22-18-4-2-1-3-17(18)19(24)21-14-7-9-15(23)10-8-14/h1-6,11-12,14-15,22-23H,7-10H2,(H,21,24). The lowest BCUT2D eigenvalue weighted by atomic mass is 9.93. The van der Waals surface area contributed by atoms with Crippen molar-refractivity contribution in [1.29, 1.82) is 0 Å². The molecule has 6 nitrogen and oxygen atoms in total. The highest BCUT2D eigenvalue weighted by Crippen LogP contribution is 2.23. The minimum Gasteiger partial charge on any atom is -0.393 e. The van der Waals surface area contributed by atoms with Crippen LogP contribution in [0.1, 0.15) is 36.0 Å². The van der Waals surface area contributed by atoms with Gasteiger partial charge < -0.3 is 10.4 Å². The van der Waals surface area contributed by atoms with E-state index in [1.807, 2.05) is 0 Å². The van der Waals surface area contributed by atoms with Crippen LogP contribution in [0.3, 0.4) is 0 Å². The fourth-order valence-electron chi connectivity index (χ4n) is 3.07. The van der Waals surface area contributed by atoms with Gasteiger partial charge in [0.1, 0.15) is 0 Å². The maximum absolute atomic E-state index is 12.7. The zero-order valence-electron chi connectivity index (χ0n) is 14.6. The molecule has 1 saturated carbocycles. The largest absolute Gasteiger partial charge is 0.393 e. The molecule has 0 atom stereocenters. The first-order chi connectivity index (χ1) is 12.8. The SMILES string of the molecule is O=C(NC1CCC(O)CC1)c1ccccc1NS(=O)(=O)c1ccc(Cl)cc1. The number of hydrogen-bond acceptors (Lipinski definition) is 4. The van der Waals surface area contributed by atoms with Gasteiger partial charge in [-0.05, 0) is 62.1 Å². The second-order valence-corrected chi connectivity index (χ2v) is 8.70. The zero-order valence-corrected chi connectivity index (χ0v) is 16.1. The third kappa shape index (κ3) is 5.00. The van der Waals surface area contributed by atoms with Crippen molar-refractivity contribution in [2.75, 3.05) is 4.72 Å². The second-order valence-electron chi connectivity index (χ2n) is 6.58. The lowest BCUT2D eigenvalue weighted by molar-refractivity contribution is 0.0868. The van der Waals surface area contributed by atoms with Gasteiger partial charge in [0, 0.05) is 11.1 Å². The lowest BCUT2D eigenvalue weighted by Gasteiger charge is -2.26. The number of nitrogens with one attached hydrogen (secondary N) is 2. The Labute approximate surface area is 163 Å². The number of benzene rings is 2. The summed E-state index contributed by atoms with van der Waals surface area (Å²) in [6, 6.07) is 12.2. The highest BCUT2D eigenvalue weighted by molar-refractivity contribution is 7.92. The number of hydrogen-bond donors (Lipinski definition) is 3. The van der Waals surface area contributed by atoms with Gasteiger partial charge in [0.15, 0.2) is 0 Å². The number of rotatable bonds is 5. The minimum atomic E-state index is -3.85. The molecule has 3 N–H and O–H groups in total. The van der Waals surface area contributed by atoms with Gasteiger partial charge in [-0.2, -0.15) is 0 Å². The van der Waals surface area contributed by atoms with E-state index in [0.29, 0.717) is 30.7 Å². The van der Waals surface area contributed by atoms with Gasteiger partial charge in [0.2, 0.25) is 0 Å². The van der Waals surface area contributed by atoms with Crippen LogP contribution in [-0.4, -0.2) is 31.6 Å². The minimum absolute atomic E-state index is 0.0261. The molecular formula is C19H21ClN2O4S. The molecule has 1 fully saturated rings. The van der Waals surface area contributed by atoms with Gasteiger partial charge >= 0.3 is 0 Å². The van der Waals surface area contributed by atoms with Crippen LogP contribution in [0, 0.1) is 0 Å². The van der Waals surface area contributed by atoms with E-state index in [-0.39, 0.29) is 34.2 Å². The van der Waals surface area contributed by atoms with Crippen molar-refractivity contribution >= 4 is 33.2 Å². The van der Waals surface area contributed by atoms with Crippen molar-refractivity contribution in [3.63, 3.8) is 0 Å². The quantitative estimate of drug-likeness (QED) is 0.708. The third-order valence-corrected chi connectivity index (χ3v) is 6.21. The van der Waals surface area contributed by atoms with Gasteiger partial charge in [0.25, 0.3) is 15.9 Å². The van der Waals surface area contributed by atoms with Crippen molar-refractivity contribution in [2.24, 2.45) is 0 Å². The molecule has 2 aromatic carbocycles. The molecule has 144 valence electrons. The topological polar surface area (TPSA) is 95.5 Å². The first-order valence-electron chi connectivity index (χ1n) is 8.71. The van der Waals surface area contributed by atoms with Gasteiger partial charge in [-0.1, -0.05) is 23.7 Å². The number of carbonyl (C=O) groups is 1. The van der Waals surface area contributed by atoms with Crippen LogP contribution in [0.25, 0.3) is 0 Å². The number of sulfonamides is 1. The van der Waals surface area contributed by atoms with Crippen LogP contribution in [0.15, 0.2) is 53.4 Å². The smallest absolute Gasteiger partial charge is 0.261 e.